The van der Waals surface area contributed by atoms with Crippen LogP contribution in [-0.4, -0.2) is 6.18 Å². The van der Waals surface area contributed by atoms with Crippen LogP contribution in [0.15, 0.2) is 0 Å². The lowest BCUT2D eigenvalue weighted by Crippen LogP contribution is -2.30. The van der Waals surface area contributed by atoms with Crippen LogP contribution in [0, 0.1) is 29.6 Å². The summed E-state index contributed by atoms with van der Waals surface area (Å²) in [4.78, 5) is 0. The summed E-state index contributed by atoms with van der Waals surface area (Å²) in [5, 5.41) is 0. The van der Waals surface area contributed by atoms with Crippen LogP contribution in [0.1, 0.15) is 25.7 Å². The Labute approximate surface area is 75.5 Å². The van der Waals surface area contributed by atoms with Gasteiger partial charge in [-0.05, 0) is 49.4 Å². The molecule has 0 radical (unpaired) electrons. The molecule has 2 bridgehead atoms. The highest BCUT2D eigenvalue weighted by atomic mass is 19.4. The van der Waals surface area contributed by atoms with Crippen LogP contribution in [0.25, 0.3) is 0 Å². The van der Waals surface area contributed by atoms with E-state index in [-0.39, 0.29) is 0 Å². The number of rotatable bonds is 0. The molecule has 0 spiro atoms. The van der Waals surface area contributed by atoms with Gasteiger partial charge in [-0.1, -0.05) is 0 Å². The molecule has 0 amide bonds. The van der Waals surface area contributed by atoms with Crippen LogP contribution >= 0.6 is 0 Å². The van der Waals surface area contributed by atoms with Crippen molar-refractivity contribution >= 4 is 0 Å². The maximum Gasteiger partial charge on any atom is 0.391 e. The van der Waals surface area contributed by atoms with E-state index < -0.39 is 12.1 Å². The molecule has 0 aromatic rings. The van der Waals surface area contributed by atoms with Gasteiger partial charge in [-0.2, -0.15) is 13.2 Å². The summed E-state index contributed by atoms with van der Waals surface area (Å²) < 4.78 is 37.4. The minimum Gasteiger partial charge on any atom is -0.171 e. The Balaban J connectivity index is 1.77. The largest absolute Gasteiger partial charge is 0.391 e. The first-order valence-corrected chi connectivity index (χ1v) is 5.12. The molecule has 3 heteroatoms. The molecule has 0 nitrogen and oxygen atoms in total. The van der Waals surface area contributed by atoms with Crippen LogP contribution in [0.5, 0.6) is 0 Å². The minimum atomic E-state index is -3.92. The molecule has 0 N–H and O–H groups in total. The predicted molar refractivity (Wildman–Crippen MR) is 42.0 cm³/mol. The van der Waals surface area contributed by atoms with Gasteiger partial charge in [0.05, 0.1) is 5.92 Å². The van der Waals surface area contributed by atoms with Gasteiger partial charge in [-0.3, -0.25) is 0 Å². The fourth-order valence-corrected chi connectivity index (χ4v) is 3.69. The minimum absolute atomic E-state index is 0.426. The van der Waals surface area contributed by atoms with E-state index in [0.29, 0.717) is 36.5 Å². The van der Waals surface area contributed by atoms with Crippen molar-refractivity contribution in [2.75, 3.05) is 0 Å². The molecule has 0 saturated heterocycles. The van der Waals surface area contributed by atoms with Crippen molar-refractivity contribution in [3.05, 3.63) is 0 Å². The molecule has 3 saturated carbocycles. The lowest BCUT2D eigenvalue weighted by Gasteiger charge is -2.31. The topological polar surface area (TPSA) is 0 Å². The highest BCUT2D eigenvalue weighted by Gasteiger charge is 2.60. The van der Waals surface area contributed by atoms with Crippen molar-refractivity contribution in [1.82, 2.24) is 0 Å². The highest BCUT2D eigenvalue weighted by Crippen LogP contribution is 2.65. The van der Waals surface area contributed by atoms with Crippen LogP contribution in [-0.2, 0) is 0 Å². The lowest BCUT2D eigenvalue weighted by atomic mass is 9.77. The molecule has 3 aliphatic rings. The van der Waals surface area contributed by atoms with E-state index >= 15 is 0 Å². The third-order valence-corrected chi connectivity index (χ3v) is 4.35. The molecule has 13 heavy (non-hydrogen) atoms. The number of alkyl halides is 3. The van der Waals surface area contributed by atoms with E-state index in [1.54, 1.807) is 0 Å². The van der Waals surface area contributed by atoms with Crippen molar-refractivity contribution in [3.8, 4) is 0 Å². The molecule has 0 aromatic carbocycles. The Hall–Kier alpha value is -0.210. The summed E-state index contributed by atoms with van der Waals surface area (Å²) in [5.74, 6) is 1.27. The molecule has 3 rings (SSSR count). The van der Waals surface area contributed by atoms with Crippen LogP contribution < -0.4 is 0 Å². The third kappa shape index (κ3) is 1.12. The average Bonchev–Trinajstić information content (AvgIpc) is 2.76. The summed E-state index contributed by atoms with van der Waals surface area (Å²) in [6, 6.07) is 0. The number of halogens is 3. The molecule has 0 aromatic heterocycles. The van der Waals surface area contributed by atoms with Gasteiger partial charge in [-0.25, -0.2) is 0 Å². The maximum absolute atomic E-state index is 12.5. The van der Waals surface area contributed by atoms with Crippen LogP contribution in [0.2, 0.25) is 0 Å². The van der Waals surface area contributed by atoms with Gasteiger partial charge in [-0.15, -0.1) is 0 Å². The summed E-state index contributed by atoms with van der Waals surface area (Å²) >= 11 is 0. The summed E-state index contributed by atoms with van der Waals surface area (Å²) in [6.45, 7) is 0. The molecular formula is C10H13F3. The molecule has 3 aliphatic carbocycles. The number of fused-ring (bicyclic) bond motifs is 5. The second-order valence-electron chi connectivity index (χ2n) is 5.03. The second kappa shape index (κ2) is 2.23. The normalized spacial score (nSPS) is 53.3. The Morgan fingerprint density at radius 2 is 1.31 bits per heavy atom. The molecule has 4 unspecified atom stereocenters. The van der Waals surface area contributed by atoms with E-state index in [4.69, 9.17) is 0 Å². The molecule has 0 aliphatic heterocycles. The van der Waals surface area contributed by atoms with Gasteiger partial charge in [0.1, 0.15) is 0 Å². The number of hydrogen-bond donors (Lipinski definition) is 0. The molecule has 3 fully saturated rings. The first kappa shape index (κ1) is 8.13. The van der Waals surface area contributed by atoms with Gasteiger partial charge in [0.15, 0.2) is 0 Å². The zero-order valence-corrected chi connectivity index (χ0v) is 7.35. The third-order valence-electron chi connectivity index (χ3n) is 4.35. The van der Waals surface area contributed by atoms with Gasteiger partial charge < -0.3 is 0 Å². The molecule has 4 atom stereocenters. The number of hydrogen-bond acceptors (Lipinski definition) is 0. The van der Waals surface area contributed by atoms with E-state index in [1.807, 2.05) is 0 Å². The SMILES string of the molecule is FC(F)(F)C1CC2CC(C1)C1CC21. The quantitative estimate of drug-likeness (QED) is 0.550. The summed E-state index contributed by atoms with van der Waals surface area (Å²) in [6.07, 6.45) is -0.724. The zero-order chi connectivity index (χ0) is 9.22. The Bertz CT molecular complexity index is 217. The first-order valence-electron chi connectivity index (χ1n) is 5.12. The van der Waals surface area contributed by atoms with Crippen LogP contribution in [0.3, 0.4) is 0 Å². The maximum atomic E-state index is 12.5. The smallest absolute Gasteiger partial charge is 0.171 e. The average molecular weight is 190 g/mol. The Kier molecular flexibility index (Phi) is 1.40. The lowest BCUT2D eigenvalue weighted by molar-refractivity contribution is -0.188. The fourth-order valence-electron chi connectivity index (χ4n) is 3.69. The van der Waals surface area contributed by atoms with E-state index in [9.17, 15) is 13.2 Å². The Morgan fingerprint density at radius 1 is 0.769 bits per heavy atom. The van der Waals surface area contributed by atoms with Crippen molar-refractivity contribution < 1.29 is 13.2 Å². The van der Waals surface area contributed by atoms with E-state index in [1.165, 1.54) is 6.42 Å². The van der Waals surface area contributed by atoms with Crippen molar-refractivity contribution in [2.24, 2.45) is 29.6 Å². The fraction of sp³-hybridized carbons (Fsp3) is 1.00. The van der Waals surface area contributed by atoms with E-state index in [0.717, 1.165) is 6.42 Å². The van der Waals surface area contributed by atoms with Gasteiger partial charge >= 0.3 is 6.18 Å². The van der Waals surface area contributed by atoms with Crippen molar-refractivity contribution in [2.45, 2.75) is 31.9 Å². The monoisotopic (exact) mass is 190 g/mol. The van der Waals surface area contributed by atoms with Gasteiger partial charge in [0, 0.05) is 0 Å². The zero-order valence-electron chi connectivity index (χ0n) is 7.35. The Morgan fingerprint density at radius 3 is 1.77 bits per heavy atom. The van der Waals surface area contributed by atoms with Crippen LogP contribution in [0.4, 0.5) is 13.2 Å². The second-order valence-corrected chi connectivity index (χ2v) is 5.03. The summed E-state index contributed by atoms with van der Waals surface area (Å²) in [7, 11) is 0. The standard InChI is InChI=1S/C10H13F3/c11-10(12,13)7-2-5-1-6(3-7)9-4-8(5)9/h5-9H,1-4H2. The van der Waals surface area contributed by atoms with E-state index in [2.05, 4.69) is 0 Å². The van der Waals surface area contributed by atoms with Gasteiger partial charge in [0.25, 0.3) is 0 Å². The molecule has 74 valence electrons. The van der Waals surface area contributed by atoms with Crippen molar-refractivity contribution in [3.63, 3.8) is 0 Å². The predicted octanol–water partition coefficient (Wildman–Crippen LogP) is 3.23. The summed E-state index contributed by atoms with van der Waals surface area (Å²) in [5.41, 5.74) is 0. The first-order chi connectivity index (χ1) is 6.05. The van der Waals surface area contributed by atoms with Crippen molar-refractivity contribution in [1.29, 1.82) is 0 Å². The van der Waals surface area contributed by atoms with Gasteiger partial charge in [0.2, 0.25) is 0 Å². The highest BCUT2D eigenvalue weighted by molar-refractivity contribution is 5.06. The molecular weight excluding hydrogens is 177 g/mol. The molecule has 0 heterocycles.